The Morgan fingerprint density at radius 1 is 1.50 bits per heavy atom. The van der Waals surface area contributed by atoms with Gasteiger partial charge in [0.05, 0.1) is 0 Å². The zero-order chi connectivity index (χ0) is 10.6. The summed E-state index contributed by atoms with van der Waals surface area (Å²) in [6.45, 7) is 1.25. The van der Waals surface area contributed by atoms with Crippen molar-refractivity contribution in [2.45, 2.75) is 0 Å². The number of primary amides is 1. The summed E-state index contributed by atoms with van der Waals surface area (Å²) in [6, 6.07) is 5.15. The number of nitrogens with two attached hydrogens (primary N) is 2. The van der Waals surface area contributed by atoms with Crippen molar-refractivity contribution in [3.63, 3.8) is 0 Å². The fourth-order valence-electron chi connectivity index (χ4n) is 1.02. The smallest absolute Gasteiger partial charge is 0.248 e. The summed E-state index contributed by atoms with van der Waals surface area (Å²) in [5, 5.41) is 3.10. The summed E-state index contributed by atoms with van der Waals surface area (Å²) < 4.78 is 0.808. The van der Waals surface area contributed by atoms with Crippen LogP contribution in [-0.4, -0.2) is 19.0 Å². The van der Waals surface area contributed by atoms with E-state index in [2.05, 4.69) is 21.2 Å². The Morgan fingerprint density at radius 2 is 2.21 bits per heavy atom. The van der Waals surface area contributed by atoms with Crippen molar-refractivity contribution in [1.29, 1.82) is 0 Å². The van der Waals surface area contributed by atoms with Gasteiger partial charge < -0.3 is 16.8 Å². The topological polar surface area (TPSA) is 81.1 Å². The van der Waals surface area contributed by atoms with Gasteiger partial charge in [-0.1, -0.05) is 0 Å². The molecule has 0 spiro atoms. The summed E-state index contributed by atoms with van der Waals surface area (Å²) in [4.78, 5) is 10.8. The molecule has 0 aromatic heterocycles. The zero-order valence-electron chi connectivity index (χ0n) is 7.59. The lowest BCUT2D eigenvalue weighted by Gasteiger charge is -2.07. The highest BCUT2D eigenvalue weighted by molar-refractivity contribution is 9.10. The molecule has 0 saturated heterocycles. The maximum Gasteiger partial charge on any atom is 0.248 e. The van der Waals surface area contributed by atoms with E-state index in [1.807, 2.05) is 0 Å². The van der Waals surface area contributed by atoms with Crippen molar-refractivity contribution in [1.82, 2.24) is 0 Å². The summed E-state index contributed by atoms with van der Waals surface area (Å²) >= 11 is 3.33. The van der Waals surface area contributed by atoms with Gasteiger partial charge in [0.15, 0.2) is 0 Å². The molecule has 4 nitrogen and oxygen atoms in total. The molecule has 76 valence electrons. The number of benzene rings is 1. The molecule has 1 aromatic rings. The van der Waals surface area contributed by atoms with Crippen LogP contribution in [0.4, 0.5) is 5.69 Å². The van der Waals surface area contributed by atoms with Crippen molar-refractivity contribution in [3.05, 3.63) is 28.2 Å². The predicted molar refractivity (Wildman–Crippen MR) is 60.2 cm³/mol. The minimum atomic E-state index is -0.434. The second kappa shape index (κ2) is 4.97. The molecular weight excluding hydrogens is 246 g/mol. The first-order chi connectivity index (χ1) is 6.65. The molecule has 0 radical (unpaired) electrons. The lowest BCUT2D eigenvalue weighted by atomic mass is 10.2. The Morgan fingerprint density at radius 3 is 2.71 bits per heavy atom. The van der Waals surface area contributed by atoms with Gasteiger partial charge in [-0.2, -0.15) is 0 Å². The van der Waals surface area contributed by atoms with Crippen LogP contribution >= 0.6 is 15.9 Å². The Bertz CT molecular complexity index is 341. The fourth-order valence-corrected chi connectivity index (χ4v) is 1.54. The molecule has 0 fully saturated rings. The van der Waals surface area contributed by atoms with Crippen LogP contribution in [0.1, 0.15) is 10.4 Å². The van der Waals surface area contributed by atoms with Gasteiger partial charge in [0.1, 0.15) is 0 Å². The quantitative estimate of drug-likeness (QED) is 0.751. The highest BCUT2D eigenvalue weighted by Crippen LogP contribution is 2.23. The molecule has 1 rings (SSSR count). The van der Waals surface area contributed by atoms with Crippen molar-refractivity contribution < 1.29 is 4.79 Å². The van der Waals surface area contributed by atoms with Crippen LogP contribution in [0.15, 0.2) is 22.7 Å². The third-order valence-electron chi connectivity index (χ3n) is 1.71. The Balaban J connectivity index is 2.84. The highest BCUT2D eigenvalue weighted by Gasteiger charge is 2.04. The van der Waals surface area contributed by atoms with Gasteiger partial charge in [0, 0.05) is 28.8 Å². The standard InChI is InChI=1S/C9H12BrN3O/c10-7-5-6(9(12)14)1-2-8(7)13-4-3-11/h1-2,5,13H,3-4,11H2,(H2,12,14). The van der Waals surface area contributed by atoms with Gasteiger partial charge in [-0.25, -0.2) is 0 Å². The number of carbonyl (C=O) groups is 1. The lowest BCUT2D eigenvalue weighted by molar-refractivity contribution is 0.100. The third-order valence-corrected chi connectivity index (χ3v) is 2.37. The zero-order valence-corrected chi connectivity index (χ0v) is 9.17. The van der Waals surface area contributed by atoms with E-state index in [0.29, 0.717) is 18.7 Å². The van der Waals surface area contributed by atoms with E-state index in [-0.39, 0.29) is 0 Å². The van der Waals surface area contributed by atoms with Gasteiger partial charge in [0.2, 0.25) is 5.91 Å². The number of carbonyl (C=O) groups excluding carboxylic acids is 1. The molecule has 0 unspecified atom stereocenters. The average Bonchev–Trinajstić information content (AvgIpc) is 2.15. The van der Waals surface area contributed by atoms with Gasteiger partial charge in [-0.15, -0.1) is 0 Å². The third kappa shape index (κ3) is 2.71. The number of anilines is 1. The van der Waals surface area contributed by atoms with Crippen molar-refractivity contribution in [3.8, 4) is 0 Å². The van der Waals surface area contributed by atoms with E-state index in [1.165, 1.54) is 0 Å². The average molecular weight is 258 g/mol. The highest BCUT2D eigenvalue weighted by atomic mass is 79.9. The molecule has 0 bridgehead atoms. The number of amides is 1. The number of hydrogen-bond donors (Lipinski definition) is 3. The summed E-state index contributed by atoms with van der Waals surface area (Å²) in [5.41, 5.74) is 11.9. The van der Waals surface area contributed by atoms with Gasteiger partial charge >= 0.3 is 0 Å². The number of hydrogen-bond acceptors (Lipinski definition) is 3. The minimum Gasteiger partial charge on any atom is -0.383 e. The first-order valence-electron chi connectivity index (χ1n) is 4.18. The summed E-state index contributed by atoms with van der Waals surface area (Å²) in [5.74, 6) is -0.434. The number of nitrogens with one attached hydrogen (secondary N) is 1. The number of rotatable bonds is 4. The molecular formula is C9H12BrN3O. The molecule has 0 saturated carbocycles. The molecule has 0 atom stereocenters. The molecule has 14 heavy (non-hydrogen) atoms. The van der Waals surface area contributed by atoms with Crippen molar-refractivity contribution >= 4 is 27.5 Å². The largest absolute Gasteiger partial charge is 0.383 e. The SMILES string of the molecule is NCCNc1ccc(C(N)=O)cc1Br. The van der Waals surface area contributed by atoms with E-state index < -0.39 is 5.91 Å². The van der Waals surface area contributed by atoms with Crippen molar-refractivity contribution in [2.24, 2.45) is 11.5 Å². The van der Waals surface area contributed by atoms with Crippen LogP contribution in [0.3, 0.4) is 0 Å². The van der Waals surface area contributed by atoms with E-state index in [0.717, 1.165) is 10.2 Å². The first kappa shape index (κ1) is 11.0. The van der Waals surface area contributed by atoms with Crippen LogP contribution < -0.4 is 16.8 Å². The van der Waals surface area contributed by atoms with Crippen LogP contribution in [0.25, 0.3) is 0 Å². The van der Waals surface area contributed by atoms with E-state index in [9.17, 15) is 4.79 Å². The summed E-state index contributed by atoms with van der Waals surface area (Å²) in [7, 11) is 0. The van der Waals surface area contributed by atoms with Gasteiger partial charge in [-0.05, 0) is 34.1 Å². The van der Waals surface area contributed by atoms with Crippen LogP contribution in [0.2, 0.25) is 0 Å². The molecule has 0 heterocycles. The monoisotopic (exact) mass is 257 g/mol. The molecule has 5 N–H and O–H groups in total. The second-order valence-corrected chi connectivity index (χ2v) is 3.63. The predicted octanol–water partition coefficient (Wildman–Crippen LogP) is 0.919. The van der Waals surface area contributed by atoms with Crippen LogP contribution in [0.5, 0.6) is 0 Å². The normalized spacial score (nSPS) is 9.86. The van der Waals surface area contributed by atoms with E-state index >= 15 is 0 Å². The fraction of sp³-hybridized carbons (Fsp3) is 0.222. The molecule has 0 aliphatic rings. The van der Waals surface area contributed by atoms with Gasteiger partial charge in [-0.3, -0.25) is 4.79 Å². The molecule has 0 aliphatic carbocycles. The number of halogens is 1. The summed E-state index contributed by atoms with van der Waals surface area (Å²) in [6.07, 6.45) is 0. The molecule has 0 aliphatic heterocycles. The Labute approximate surface area is 90.8 Å². The molecule has 1 aromatic carbocycles. The maximum absolute atomic E-state index is 10.8. The Kier molecular flexibility index (Phi) is 3.91. The molecule has 1 amide bonds. The minimum absolute atomic E-state index is 0.434. The lowest BCUT2D eigenvalue weighted by Crippen LogP contribution is -2.14. The molecule has 5 heteroatoms. The van der Waals surface area contributed by atoms with Crippen LogP contribution in [0, 0.1) is 0 Å². The first-order valence-corrected chi connectivity index (χ1v) is 4.97. The second-order valence-electron chi connectivity index (χ2n) is 2.77. The van der Waals surface area contributed by atoms with Gasteiger partial charge in [0.25, 0.3) is 0 Å². The van der Waals surface area contributed by atoms with Crippen molar-refractivity contribution in [2.75, 3.05) is 18.4 Å². The van der Waals surface area contributed by atoms with Crippen LogP contribution in [-0.2, 0) is 0 Å². The van der Waals surface area contributed by atoms with E-state index in [1.54, 1.807) is 18.2 Å². The van der Waals surface area contributed by atoms with E-state index in [4.69, 9.17) is 11.5 Å². The maximum atomic E-state index is 10.8. The Hall–Kier alpha value is -1.07.